The van der Waals surface area contributed by atoms with Crippen LogP contribution < -0.4 is 14.8 Å². The number of para-hydroxylation sites is 2. The van der Waals surface area contributed by atoms with E-state index in [4.69, 9.17) is 27.7 Å². The van der Waals surface area contributed by atoms with Gasteiger partial charge in [-0.05, 0) is 48.6 Å². The van der Waals surface area contributed by atoms with E-state index in [0.717, 1.165) is 33.1 Å². The number of fused-ring (bicyclic) bond motifs is 3. The lowest BCUT2D eigenvalue weighted by Crippen LogP contribution is -2.45. The van der Waals surface area contributed by atoms with E-state index in [1.54, 1.807) is 20.3 Å². The molecule has 2 atom stereocenters. The maximum absolute atomic E-state index is 13.6. The molecule has 39 heavy (non-hydrogen) atoms. The Morgan fingerprint density at radius 2 is 1.64 bits per heavy atom. The van der Waals surface area contributed by atoms with Crippen LogP contribution >= 0.6 is 7.60 Å². The average Bonchev–Trinajstić information content (AvgIpc) is 3.35. The normalized spacial score (nSPS) is 13.4. The van der Waals surface area contributed by atoms with Gasteiger partial charge in [0.2, 0.25) is 0 Å². The molecule has 0 spiro atoms. The summed E-state index contributed by atoms with van der Waals surface area (Å²) < 4.78 is 46.3. The number of nitrogens with one attached hydrogen (secondary N) is 1. The van der Waals surface area contributed by atoms with E-state index in [2.05, 4.69) is 5.32 Å². The SMILES string of the molecule is COC(=O)[C@H](Cc1ccc2c(c1)oc1ccccc12)N[C@H](CCc1cccc(OC)c1OC)P(=O)(OC)OC. The van der Waals surface area contributed by atoms with Gasteiger partial charge in [-0.25, -0.2) is 0 Å². The molecule has 0 unspecified atom stereocenters. The number of ether oxygens (including phenoxy) is 3. The number of esters is 1. The first-order valence-corrected chi connectivity index (χ1v) is 14.1. The van der Waals surface area contributed by atoms with Gasteiger partial charge in [-0.15, -0.1) is 0 Å². The van der Waals surface area contributed by atoms with Gasteiger partial charge < -0.3 is 27.7 Å². The van der Waals surface area contributed by atoms with Gasteiger partial charge in [-0.2, -0.15) is 0 Å². The molecule has 4 rings (SSSR count). The molecule has 0 fully saturated rings. The van der Waals surface area contributed by atoms with Crippen molar-refractivity contribution in [2.24, 2.45) is 0 Å². The maximum atomic E-state index is 13.6. The van der Waals surface area contributed by atoms with E-state index in [1.165, 1.54) is 21.3 Å². The largest absolute Gasteiger partial charge is 0.493 e. The highest BCUT2D eigenvalue weighted by Crippen LogP contribution is 2.52. The number of methoxy groups -OCH3 is 3. The minimum Gasteiger partial charge on any atom is -0.493 e. The number of benzene rings is 3. The molecule has 1 heterocycles. The van der Waals surface area contributed by atoms with Crippen LogP contribution in [0.1, 0.15) is 17.5 Å². The second-order valence-electron chi connectivity index (χ2n) is 8.99. The third-order valence-electron chi connectivity index (χ3n) is 6.82. The van der Waals surface area contributed by atoms with E-state index in [1.807, 2.05) is 54.6 Å². The molecular weight excluding hydrogens is 521 g/mol. The van der Waals surface area contributed by atoms with Crippen molar-refractivity contribution < 1.29 is 37.0 Å². The number of carbonyl (C=O) groups is 1. The van der Waals surface area contributed by atoms with Gasteiger partial charge >= 0.3 is 13.6 Å². The van der Waals surface area contributed by atoms with Crippen molar-refractivity contribution in [1.82, 2.24) is 5.32 Å². The number of furan rings is 1. The van der Waals surface area contributed by atoms with Crippen LogP contribution in [0.4, 0.5) is 0 Å². The van der Waals surface area contributed by atoms with Crippen LogP contribution in [0.15, 0.2) is 65.1 Å². The van der Waals surface area contributed by atoms with Crippen molar-refractivity contribution in [3.05, 3.63) is 71.8 Å². The summed E-state index contributed by atoms with van der Waals surface area (Å²) in [7, 11) is 3.46. The van der Waals surface area contributed by atoms with Crippen molar-refractivity contribution in [3.8, 4) is 11.5 Å². The smallest absolute Gasteiger partial charge is 0.346 e. The fraction of sp³-hybridized carbons (Fsp3) is 0.345. The molecule has 0 aliphatic carbocycles. The van der Waals surface area contributed by atoms with Gasteiger partial charge in [0.15, 0.2) is 11.5 Å². The Kier molecular flexibility index (Phi) is 9.30. The van der Waals surface area contributed by atoms with Crippen LogP contribution in [-0.4, -0.2) is 53.3 Å². The highest BCUT2D eigenvalue weighted by atomic mass is 31.2. The van der Waals surface area contributed by atoms with Gasteiger partial charge in [-0.1, -0.05) is 42.5 Å². The molecule has 4 aromatic rings. The summed E-state index contributed by atoms with van der Waals surface area (Å²) in [6, 6.07) is 18.4. The first kappa shape index (κ1) is 28.6. The van der Waals surface area contributed by atoms with Gasteiger partial charge in [0.05, 0.1) is 21.3 Å². The molecule has 1 N–H and O–H groups in total. The van der Waals surface area contributed by atoms with E-state index < -0.39 is 25.4 Å². The molecule has 0 amide bonds. The second kappa shape index (κ2) is 12.7. The van der Waals surface area contributed by atoms with Gasteiger partial charge in [0.1, 0.15) is 23.0 Å². The number of hydrogen-bond acceptors (Lipinski definition) is 9. The Balaban J connectivity index is 1.61. The summed E-state index contributed by atoms with van der Waals surface area (Å²) in [5, 5.41) is 5.23. The predicted octanol–water partition coefficient (Wildman–Crippen LogP) is 5.72. The first-order chi connectivity index (χ1) is 18.9. The van der Waals surface area contributed by atoms with Crippen molar-refractivity contribution in [3.63, 3.8) is 0 Å². The molecular formula is C29H34NO8P. The molecule has 0 aliphatic heterocycles. The maximum Gasteiger partial charge on any atom is 0.346 e. The molecule has 9 nitrogen and oxygen atoms in total. The van der Waals surface area contributed by atoms with Crippen molar-refractivity contribution in [1.29, 1.82) is 0 Å². The fourth-order valence-corrected chi connectivity index (χ4v) is 6.29. The van der Waals surface area contributed by atoms with Gasteiger partial charge in [0, 0.05) is 25.0 Å². The summed E-state index contributed by atoms with van der Waals surface area (Å²) in [6.45, 7) is 0. The lowest BCUT2D eigenvalue weighted by Gasteiger charge is -2.29. The van der Waals surface area contributed by atoms with Crippen LogP contribution in [0.2, 0.25) is 0 Å². The Labute approximate surface area is 227 Å². The molecule has 0 radical (unpaired) electrons. The van der Waals surface area contributed by atoms with Crippen LogP contribution in [0, 0.1) is 0 Å². The van der Waals surface area contributed by atoms with E-state index in [-0.39, 0.29) is 6.42 Å². The Bertz CT molecular complexity index is 1470. The molecule has 0 saturated heterocycles. The van der Waals surface area contributed by atoms with Crippen molar-refractivity contribution in [2.45, 2.75) is 31.1 Å². The Hall–Kier alpha value is -3.36. The average molecular weight is 556 g/mol. The minimum atomic E-state index is -3.65. The first-order valence-electron chi connectivity index (χ1n) is 12.5. The zero-order chi connectivity index (χ0) is 28.0. The van der Waals surface area contributed by atoms with Gasteiger partial charge in [-0.3, -0.25) is 14.7 Å². The number of rotatable bonds is 13. The minimum absolute atomic E-state index is 0.270. The van der Waals surface area contributed by atoms with E-state index in [0.29, 0.717) is 24.3 Å². The third-order valence-corrected chi connectivity index (χ3v) is 9.01. The molecule has 3 aromatic carbocycles. The van der Waals surface area contributed by atoms with Gasteiger partial charge in [0.25, 0.3) is 0 Å². The topological polar surface area (TPSA) is 105 Å². The summed E-state index contributed by atoms with van der Waals surface area (Å²) in [5.41, 5.74) is 3.22. The molecule has 0 aliphatic rings. The van der Waals surface area contributed by atoms with Crippen LogP contribution in [0.25, 0.3) is 21.9 Å². The predicted molar refractivity (Wildman–Crippen MR) is 150 cm³/mol. The number of hydrogen-bond donors (Lipinski definition) is 1. The summed E-state index contributed by atoms with van der Waals surface area (Å²) in [6.07, 6.45) is 1.04. The second-order valence-corrected chi connectivity index (χ2v) is 11.4. The summed E-state index contributed by atoms with van der Waals surface area (Å²) >= 11 is 0. The van der Waals surface area contributed by atoms with E-state index in [9.17, 15) is 9.36 Å². The van der Waals surface area contributed by atoms with Crippen molar-refractivity contribution >= 4 is 35.5 Å². The highest BCUT2D eigenvalue weighted by molar-refractivity contribution is 7.54. The lowest BCUT2D eigenvalue weighted by atomic mass is 10.0. The van der Waals surface area contributed by atoms with Crippen LogP contribution in [-0.2, 0) is 36.0 Å². The van der Waals surface area contributed by atoms with Crippen LogP contribution in [0.5, 0.6) is 11.5 Å². The Morgan fingerprint density at radius 1 is 0.897 bits per heavy atom. The molecule has 208 valence electrons. The third kappa shape index (κ3) is 6.12. The van der Waals surface area contributed by atoms with E-state index >= 15 is 0 Å². The zero-order valence-corrected chi connectivity index (χ0v) is 23.7. The number of carbonyl (C=O) groups excluding carboxylic acids is 1. The summed E-state index contributed by atoms with van der Waals surface area (Å²) in [5.74, 6) is -0.133. The standard InChI is InChI=1S/C29H34NO8P/c1-33-25-12-8-9-20(28(25)34-2)14-16-27(39(32,36-4)37-5)30-23(29(31)35-3)17-19-13-15-22-21-10-6-7-11-24(21)38-26(22)18-19/h6-13,15,18,23,27,30H,14,16-17H2,1-5H3/t23-,27-/m0/s1. The van der Waals surface area contributed by atoms with Crippen molar-refractivity contribution in [2.75, 3.05) is 35.5 Å². The Morgan fingerprint density at radius 3 is 2.33 bits per heavy atom. The van der Waals surface area contributed by atoms with Crippen LogP contribution in [0.3, 0.4) is 0 Å². The monoisotopic (exact) mass is 555 g/mol. The quantitative estimate of drug-likeness (QED) is 0.164. The summed E-state index contributed by atoms with van der Waals surface area (Å²) in [4.78, 5) is 12.9. The highest BCUT2D eigenvalue weighted by Gasteiger charge is 2.37. The number of aryl methyl sites for hydroxylation is 1. The molecule has 0 saturated carbocycles. The molecule has 10 heteroatoms. The lowest BCUT2D eigenvalue weighted by molar-refractivity contribution is -0.143. The zero-order valence-electron chi connectivity index (χ0n) is 22.8. The molecule has 0 bridgehead atoms. The molecule has 1 aromatic heterocycles. The fourth-order valence-electron chi connectivity index (χ4n) is 4.82.